The zero-order chi connectivity index (χ0) is 17.5. The van der Waals surface area contributed by atoms with E-state index in [-0.39, 0.29) is 17.7 Å². The molecular formula is C19H29N3O2. The molecule has 1 saturated heterocycles. The third-order valence-electron chi connectivity index (χ3n) is 4.67. The van der Waals surface area contributed by atoms with Gasteiger partial charge in [0.05, 0.1) is 6.54 Å². The van der Waals surface area contributed by atoms with Gasteiger partial charge in [-0.3, -0.25) is 14.5 Å². The molecule has 0 atom stereocenters. The summed E-state index contributed by atoms with van der Waals surface area (Å²) in [7, 11) is 0. The van der Waals surface area contributed by atoms with E-state index in [1.807, 2.05) is 25.1 Å². The molecule has 2 N–H and O–H groups in total. The summed E-state index contributed by atoms with van der Waals surface area (Å²) in [6.45, 7) is 8.88. The third kappa shape index (κ3) is 5.34. The van der Waals surface area contributed by atoms with Gasteiger partial charge >= 0.3 is 0 Å². The average Bonchev–Trinajstić information content (AvgIpc) is 2.56. The number of rotatable bonds is 6. The van der Waals surface area contributed by atoms with Crippen LogP contribution in [0.25, 0.3) is 0 Å². The highest BCUT2D eigenvalue weighted by Gasteiger charge is 2.25. The molecule has 5 nitrogen and oxygen atoms in total. The number of anilines is 1. The largest absolute Gasteiger partial charge is 0.356 e. The standard InChI is InChI=1S/C19H29N3O2/c1-4-9-20-19(24)16-7-10-22(11-8-16)13-18(23)21-17-6-5-14(2)15(3)12-17/h5-6,12,16H,4,7-11,13H2,1-3H3,(H,20,24)(H,21,23). The van der Waals surface area contributed by atoms with E-state index in [4.69, 9.17) is 0 Å². The van der Waals surface area contributed by atoms with Crippen LogP contribution in [0.15, 0.2) is 18.2 Å². The highest BCUT2D eigenvalue weighted by molar-refractivity contribution is 5.92. The van der Waals surface area contributed by atoms with Crippen LogP contribution in [-0.2, 0) is 9.59 Å². The zero-order valence-electron chi connectivity index (χ0n) is 15.0. The summed E-state index contributed by atoms with van der Waals surface area (Å²) in [5.74, 6) is 0.263. The molecule has 5 heteroatoms. The monoisotopic (exact) mass is 331 g/mol. The minimum Gasteiger partial charge on any atom is -0.356 e. The Kier molecular flexibility index (Phi) is 6.79. The molecule has 0 aromatic heterocycles. The van der Waals surface area contributed by atoms with Crippen LogP contribution in [0.5, 0.6) is 0 Å². The molecule has 1 aliphatic rings. The summed E-state index contributed by atoms with van der Waals surface area (Å²) < 4.78 is 0. The van der Waals surface area contributed by atoms with E-state index >= 15 is 0 Å². The van der Waals surface area contributed by atoms with Crippen molar-refractivity contribution in [3.63, 3.8) is 0 Å². The van der Waals surface area contributed by atoms with E-state index in [2.05, 4.69) is 29.4 Å². The molecule has 2 amide bonds. The quantitative estimate of drug-likeness (QED) is 0.842. The minimum absolute atomic E-state index is 0.00661. The van der Waals surface area contributed by atoms with Gasteiger partial charge in [-0.05, 0) is 69.5 Å². The van der Waals surface area contributed by atoms with Gasteiger partial charge in [0.25, 0.3) is 0 Å². The number of nitrogens with zero attached hydrogens (tertiary/aromatic N) is 1. The first-order chi connectivity index (χ1) is 11.5. The molecule has 1 heterocycles. The number of benzene rings is 1. The van der Waals surface area contributed by atoms with Crippen molar-refractivity contribution in [2.75, 3.05) is 31.5 Å². The summed E-state index contributed by atoms with van der Waals surface area (Å²) in [5.41, 5.74) is 3.24. The first kappa shape index (κ1) is 18.5. The molecular weight excluding hydrogens is 302 g/mol. The molecule has 0 unspecified atom stereocenters. The number of aryl methyl sites for hydroxylation is 2. The zero-order valence-corrected chi connectivity index (χ0v) is 15.0. The number of amides is 2. The van der Waals surface area contributed by atoms with E-state index in [0.29, 0.717) is 6.54 Å². The van der Waals surface area contributed by atoms with Crippen molar-refractivity contribution in [2.24, 2.45) is 5.92 Å². The van der Waals surface area contributed by atoms with Crippen LogP contribution in [0, 0.1) is 19.8 Å². The number of likely N-dealkylation sites (tertiary alicyclic amines) is 1. The maximum atomic E-state index is 12.2. The van der Waals surface area contributed by atoms with Crippen molar-refractivity contribution in [1.82, 2.24) is 10.2 Å². The van der Waals surface area contributed by atoms with E-state index < -0.39 is 0 Å². The molecule has 1 aromatic carbocycles. The first-order valence-electron chi connectivity index (χ1n) is 8.86. The second-order valence-corrected chi connectivity index (χ2v) is 6.69. The second kappa shape index (κ2) is 8.83. The Bertz CT molecular complexity index is 578. The highest BCUT2D eigenvalue weighted by atomic mass is 16.2. The van der Waals surface area contributed by atoms with Crippen LogP contribution in [-0.4, -0.2) is 42.9 Å². The molecule has 1 aliphatic heterocycles. The third-order valence-corrected chi connectivity index (χ3v) is 4.67. The molecule has 0 saturated carbocycles. The fraction of sp³-hybridized carbons (Fsp3) is 0.579. The summed E-state index contributed by atoms with van der Waals surface area (Å²) >= 11 is 0. The topological polar surface area (TPSA) is 61.4 Å². The molecule has 1 aromatic rings. The lowest BCUT2D eigenvalue weighted by Crippen LogP contribution is -2.43. The van der Waals surface area contributed by atoms with Gasteiger partial charge in [0.15, 0.2) is 0 Å². The van der Waals surface area contributed by atoms with E-state index in [9.17, 15) is 9.59 Å². The Morgan fingerprint density at radius 2 is 1.88 bits per heavy atom. The fourth-order valence-electron chi connectivity index (χ4n) is 2.97. The number of hydrogen-bond acceptors (Lipinski definition) is 3. The van der Waals surface area contributed by atoms with Gasteiger partial charge < -0.3 is 10.6 Å². The van der Waals surface area contributed by atoms with Crippen LogP contribution in [0.1, 0.15) is 37.3 Å². The van der Waals surface area contributed by atoms with E-state index in [1.165, 1.54) is 11.1 Å². The van der Waals surface area contributed by atoms with Gasteiger partial charge in [-0.25, -0.2) is 0 Å². The Balaban J connectivity index is 1.75. The lowest BCUT2D eigenvalue weighted by atomic mass is 9.96. The number of piperidine rings is 1. The molecule has 0 aliphatic carbocycles. The van der Waals surface area contributed by atoms with Crippen LogP contribution in [0.4, 0.5) is 5.69 Å². The molecule has 0 bridgehead atoms. The Morgan fingerprint density at radius 1 is 1.17 bits per heavy atom. The normalized spacial score (nSPS) is 16.0. The van der Waals surface area contributed by atoms with Crippen molar-refractivity contribution in [2.45, 2.75) is 40.0 Å². The van der Waals surface area contributed by atoms with Crippen molar-refractivity contribution >= 4 is 17.5 Å². The summed E-state index contributed by atoms with van der Waals surface area (Å²) in [6, 6.07) is 5.95. The Labute approximate surface area is 144 Å². The van der Waals surface area contributed by atoms with Crippen molar-refractivity contribution < 1.29 is 9.59 Å². The summed E-state index contributed by atoms with van der Waals surface area (Å²) in [5, 5.41) is 5.92. The number of hydrogen-bond donors (Lipinski definition) is 2. The molecule has 0 radical (unpaired) electrons. The number of carbonyl (C=O) groups is 2. The van der Waals surface area contributed by atoms with E-state index in [1.54, 1.807) is 0 Å². The van der Waals surface area contributed by atoms with Gasteiger partial charge in [-0.2, -0.15) is 0 Å². The van der Waals surface area contributed by atoms with E-state index in [0.717, 1.165) is 44.6 Å². The molecule has 24 heavy (non-hydrogen) atoms. The van der Waals surface area contributed by atoms with Gasteiger partial charge in [0, 0.05) is 18.2 Å². The fourth-order valence-corrected chi connectivity index (χ4v) is 2.97. The predicted molar refractivity (Wildman–Crippen MR) is 97.0 cm³/mol. The molecule has 0 spiro atoms. The molecule has 2 rings (SSSR count). The second-order valence-electron chi connectivity index (χ2n) is 6.69. The number of nitrogens with one attached hydrogen (secondary N) is 2. The SMILES string of the molecule is CCCNC(=O)C1CCN(CC(=O)Nc2ccc(C)c(C)c2)CC1. The van der Waals surface area contributed by atoms with Gasteiger partial charge in [0.2, 0.25) is 11.8 Å². The number of carbonyl (C=O) groups excluding carboxylic acids is 2. The Hall–Kier alpha value is -1.88. The summed E-state index contributed by atoms with van der Waals surface area (Å²) in [4.78, 5) is 26.3. The maximum Gasteiger partial charge on any atom is 0.238 e. The first-order valence-corrected chi connectivity index (χ1v) is 8.86. The lowest BCUT2D eigenvalue weighted by molar-refractivity contribution is -0.126. The van der Waals surface area contributed by atoms with Crippen LogP contribution in [0.2, 0.25) is 0 Å². The maximum absolute atomic E-state index is 12.2. The Morgan fingerprint density at radius 3 is 2.50 bits per heavy atom. The van der Waals surface area contributed by atoms with Crippen LogP contribution < -0.4 is 10.6 Å². The van der Waals surface area contributed by atoms with Crippen LogP contribution >= 0.6 is 0 Å². The van der Waals surface area contributed by atoms with Crippen molar-refractivity contribution in [3.8, 4) is 0 Å². The predicted octanol–water partition coefficient (Wildman–Crippen LogP) is 2.48. The summed E-state index contributed by atoms with van der Waals surface area (Å²) in [6.07, 6.45) is 2.61. The lowest BCUT2D eigenvalue weighted by Gasteiger charge is -2.30. The van der Waals surface area contributed by atoms with Gasteiger partial charge in [-0.1, -0.05) is 13.0 Å². The smallest absolute Gasteiger partial charge is 0.238 e. The van der Waals surface area contributed by atoms with Crippen molar-refractivity contribution in [1.29, 1.82) is 0 Å². The average molecular weight is 331 g/mol. The van der Waals surface area contributed by atoms with Crippen LogP contribution in [0.3, 0.4) is 0 Å². The highest BCUT2D eigenvalue weighted by Crippen LogP contribution is 2.18. The van der Waals surface area contributed by atoms with Crippen molar-refractivity contribution in [3.05, 3.63) is 29.3 Å². The minimum atomic E-state index is 0.00661. The molecule has 1 fully saturated rings. The van der Waals surface area contributed by atoms with Gasteiger partial charge in [-0.15, -0.1) is 0 Å². The van der Waals surface area contributed by atoms with Gasteiger partial charge in [0.1, 0.15) is 0 Å². The molecule has 132 valence electrons.